The highest BCUT2D eigenvalue weighted by atomic mass is 79.9. The molecule has 0 spiro atoms. The summed E-state index contributed by atoms with van der Waals surface area (Å²) in [5, 5.41) is 0. The van der Waals surface area contributed by atoms with Gasteiger partial charge in [-0.3, -0.25) is 4.79 Å². The summed E-state index contributed by atoms with van der Waals surface area (Å²) in [5.74, 6) is 0.0842. The number of carbonyl (C=O) groups excluding carboxylic acids is 1. The second-order valence-corrected chi connectivity index (χ2v) is 4.76. The van der Waals surface area contributed by atoms with E-state index in [0.717, 1.165) is 0 Å². The van der Waals surface area contributed by atoms with Crippen molar-refractivity contribution in [3.05, 3.63) is 51.6 Å². The van der Waals surface area contributed by atoms with Gasteiger partial charge in [0.2, 0.25) is 0 Å². The molecular weight excluding hydrogens is 315 g/mol. The molecule has 0 aliphatic carbocycles. The van der Waals surface area contributed by atoms with Gasteiger partial charge in [-0.2, -0.15) is 0 Å². The molecular formula is C14H12BrFO3. The topological polar surface area (TPSA) is 39.4 Å². The van der Waals surface area contributed by atoms with Crippen molar-refractivity contribution >= 4 is 21.7 Å². The van der Waals surface area contributed by atoms with Crippen LogP contribution in [0.1, 0.15) is 28.6 Å². The zero-order chi connectivity index (χ0) is 14.0. The molecule has 0 N–H and O–H groups in total. The monoisotopic (exact) mass is 326 g/mol. The molecule has 1 aromatic carbocycles. The predicted octanol–water partition coefficient (Wildman–Crippen LogP) is 3.98. The fraction of sp³-hybridized carbons (Fsp3) is 0.214. The lowest BCUT2D eigenvalue weighted by atomic mass is 10.0. The number of benzene rings is 1. The van der Waals surface area contributed by atoms with Crippen molar-refractivity contribution in [3.8, 4) is 5.75 Å². The molecule has 19 heavy (non-hydrogen) atoms. The molecule has 0 bridgehead atoms. The van der Waals surface area contributed by atoms with Crippen LogP contribution in [0, 0.1) is 5.82 Å². The van der Waals surface area contributed by atoms with Crippen LogP contribution in [-0.2, 0) is 6.42 Å². The van der Waals surface area contributed by atoms with Crippen molar-refractivity contribution in [2.45, 2.75) is 13.3 Å². The van der Waals surface area contributed by atoms with Crippen LogP contribution in [0.3, 0.4) is 0 Å². The van der Waals surface area contributed by atoms with Gasteiger partial charge in [-0.25, -0.2) is 4.39 Å². The van der Waals surface area contributed by atoms with Gasteiger partial charge in [0.1, 0.15) is 17.3 Å². The first-order valence-electron chi connectivity index (χ1n) is 5.72. The first-order valence-corrected chi connectivity index (χ1v) is 6.51. The summed E-state index contributed by atoms with van der Waals surface area (Å²) in [6, 6.07) is 4.21. The van der Waals surface area contributed by atoms with Crippen LogP contribution in [0.2, 0.25) is 0 Å². The number of methoxy groups -OCH3 is 1. The number of ether oxygens (including phenoxy) is 1. The number of aryl methyl sites for hydroxylation is 1. The second kappa shape index (κ2) is 5.57. The molecule has 1 heterocycles. The summed E-state index contributed by atoms with van der Waals surface area (Å²) in [5.41, 5.74) is 0.770. The van der Waals surface area contributed by atoms with Gasteiger partial charge in [0.25, 0.3) is 0 Å². The molecule has 100 valence electrons. The van der Waals surface area contributed by atoms with E-state index < -0.39 is 5.82 Å². The number of furan rings is 1. The third-order valence-electron chi connectivity index (χ3n) is 2.80. The average molecular weight is 327 g/mol. The highest BCUT2D eigenvalue weighted by Crippen LogP contribution is 2.29. The van der Waals surface area contributed by atoms with E-state index in [4.69, 9.17) is 9.15 Å². The number of ketones is 1. The molecule has 2 aromatic rings. The molecule has 0 aliphatic rings. The zero-order valence-electron chi connectivity index (χ0n) is 10.5. The molecule has 5 heteroatoms. The molecule has 0 saturated heterocycles. The van der Waals surface area contributed by atoms with Crippen LogP contribution in [0.5, 0.6) is 5.75 Å². The Balaban J connectivity index is 2.52. The Kier molecular flexibility index (Phi) is 4.04. The molecule has 0 atom stereocenters. The third-order valence-corrected chi connectivity index (χ3v) is 3.41. The standard InChI is InChI=1S/C14H12BrFO3/c1-3-12-8(4-5-19-12)14(17)9-6-10(15)11(16)7-13(9)18-2/h4-7H,3H2,1-2H3. The Hall–Kier alpha value is -1.62. The van der Waals surface area contributed by atoms with Gasteiger partial charge >= 0.3 is 0 Å². The Morgan fingerprint density at radius 2 is 2.16 bits per heavy atom. The summed E-state index contributed by atoms with van der Waals surface area (Å²) in [7, 11) is 1.40. The molecule has 1 aromatic heterocycles. The van der Waals surface area contributed by atoms with E-state index in [1.54, 1.807) is 6.07 Å². The second-order valence-electron chi connectivity index (χ2n) is 3.91. The van der Waals surface area contributed by atoms with E-state index >= 15 is 0 Å². The number of rotatable bonds is 4. The van der Waals surface area contributed by atoms with E-state index in [1.807, 2.05) is 6.92 Å². The number of carbonyl (C=O) groups is 1. The highest BCUT2D eigenvalue weighted by molar-refractivity contribution is 9.10. The van der Waals surface area contributed by atoms with Gasteiger partial charge in [-0.15, -0.1) is 0 Å². The SMILES string of the molecule is CCc1occc1C(=O)c1cc(Br)c(F)cc1OC. The van der Waals surface area contributed by atoms with E-state index in [0.29, 0.717) is 23.3 Å². The van der Waals surface area contributed by atoms with E-state index in [1.165, 1.54) is 25.5 Å². The zero-order valence-corrected chi connectivity index (χ0v) is 12.1. The maximum atomic E-state index is 13.4. The number of halogens is 2. The molecule has 2 rings (SSSR count). The minimum absolute atomic E-state index is 0.203. The van der Waals surface area contributed by atoms with Gasteiger partial charge < -0.3 is 9.15 Å². The van der Waals surface area contributed by atoms with E-state index in [-0.39, 0.29) is 16.0 Å². The Morgan fingerprint density at radius 1 is 1.42 bits per heavy atom. The van der Waals surface area contributed by atoms with Crippen LogP contribution >= 0.6 is 15.9 Å². The highest BCUT2D eigenvalue weighted by Gasteiger charge is 2.21. The van der Waals surface area contributed by atoms with E-state index in [9.17, 15) is 9.18 Å². The Bertz CT molecular complexity index is 619. The molecule has 0 unspecified atom stereocenters. The lowest BCUT2D eigenvalue weighted by molar-refractivity contribution is 0.103. The molecule has 3 nitrogen and oxygen atoms in total. The minimum Gasteiger partial charge on any atom is -0.496 e. The van der Waals surface area contributed by atoms with Gasteiger partial charge in [0.15, 0.2) is 5.78 Å². The van der Waals surface area contributed by atoms with Crippen molar-refractivity contribution < 1.29 is 18.3 Å². The fourth-order valence-corrected chi connectivity index (χ4v) is 2.18. The summed E-state index contributed by atoms with van der Waals surface area (Å²) in [6.07, 6.45) is 2.08. The van der Waals surface area contributed by atoms with Crippen LogP contribution < -0.4 is 4.74 Å². The average Bonchev–Trinajstić information content (AvgIpc) is 2.88. The van der Waals surface area contributed by atoms with Crippen LogP contribution in [-0.4, -0.2) is 12.9 Å². The lowest BCUT2D eigenvalue weighted by Gasteiger charge is -2.08. The lowest BCUT2D eigenvalue weighted by Crippen LogP contribution is -2.06. The van der Waals surface area contributed by atoms with Gasteiger partial charge in [0.05, 0.1) is 29.0 Å². The molecule has 0 aliphatic heterocycles. The first kappa shape index (κ1) is 13.8. The van der Waals surface area contributed by atoms with Crippen LogP contribution in [0.15, 0.2) is 33.4 Å². The van der Waals surface area contributed by atoms with Gasteiger partial charge in [0, 0.05) is 12.5 Å². The van der Waals surface area contributed by atoms with Crippen LogP contribution in [0.4, 0.5) is 4.39 Å². The normalized spacial score (nSPS) is 10.5. The van der Waals surface area contributed by atoms with Crippen molar-refractivity contribution in [1.82, 2.24) is 0 Å². The third kappa shape index (κ3) is 2.56. The Labute approximate surface area is 118 Å². The quantitative estimate of drug-likeness (QED) is 0.798. The maximum absolute atomic E-state index is 13.4. The molecule has 0 radical (unpaired) electrons. The first-order chi connectivity index (χ1) is 9.08. The van der Waals surface area contributed by atoms with Gasteiger partial charge in [-0.1, -0.05) is 6.92 Å². The van der Waals surface area contributed by atoms with Crippen molar-refractivity contribution in [2.75, 3.05) is 7.11 Å². The van der Waals surface area contributed by atoms with Crippen molar-refractivity contribution in [3.63, 3.8) is 0 Å². The van der Waals surface area contributed by atoms with Crippen molar-refractivity contribution in [1.29, 1.82) is 0 Å². The smallest absolute Gasteiger partial charge is 0.200 e. The van der Waals surface area contributed by atoms with Crippen molar-refractivity contribution in [2.24, 2.45) is 0 Å². The summed E-state index contributed by atoms with van der Waals surface area (Å²) >= 11 is 3.07. The summed E-state index contributed by atoms with van der Waals surface area (Å²) in [6.45, 7) is 1.90. The minimum atomic E-state index is -0.476. The maximum Gasteiger partial charge on any atom is 0.200 e. The molecule has 0 fully saturated rings. The largest absolute Gasteiger partial charge is 0.496 e. The summed E-state index contributed by atoms with van der Waals surface area (Å²) < 4.78 is 24.0. The Morgan fingerprint density at radius 3 is 2.79 bits per heavy atom. The van der Waals surface area contributed by atoms with Gasteiger partial charge in [-0.05, 0) is 28.1 Å². The van der Waals surface area contributed by atoms with E-state index in [2.05, 4.69) is 15.9 Å². The van der Waals surface area contributed by atoms with Crippen LogP contribution in [0.25, 0.3) is 0 Å². The predicted molar refractivity (Wildman–Crippen MR) is 72.2 cm³/mol. The number of hydrogen-bond acceptors (Lipinski definition) is 3. The molecule has 0 saturated carbocycles. The fourth-order valence-electron chi connectivity index (χ4n) is 1.84. The summed E-state index contributed by atoms with van der Waals surface area (Å²) in [4.78, 5) is 12.4. The molecule has 0 amide bonds. The number of hydrogen-bond donors (Lipinski definition) is 0.